The number of phenolic OH excluding ortho intramolecular Hbond substituents is 2. The molecule has 0 atom stereocenters. The largest absolute Gasteiger partial charge is 0.508 e. The Balaban J connectivity index is 1.57. The van der Waals surface area contributed by atoms with Crippen molar-refractivity contribution in [1.82, 2.24) is 5.32 Å². The van der Waals surface area contributed by atoms with Gasteiger partial charge in [-0.25, -0.2) is 0 Å². The maximum absolute atomic E-state index is 9.89. The Morgan fingerprint density at radius 3 is 1.50 bits per heavy atom. The van der Waals surface area contributed by atoms with E-state index in [0.29, 0.717) is 0 Å². The molecule has 0 spiro atoms. The van der Waals surface area contributed by atoms with Gasteiger partial charge in [-0.05, 0) is 77.9 Å². The van der Waals surface area contributed by atoms with E-state index in [1.54, 1.807) is 24.3 Å². The van der Waals surface area contributed by atoms with Gasteiger partial charge in [-0.3, -0.25) is 0 Å². The van der Waals surface area contributed by atoms with Gasteiger partial charge in [0.25, 0.3) is 0 Å². The highest BCUT2D eigenvalue weighted by Crippen LogP contribution is 2.36. The van der Waals surface area contributed by atoms with Crippen LogP contribution < -0.4 is 11.1 Å². The van der Waals surface area contributed by atoms with Crippen molar-refractivity contribution in [2.45, 2.75) is 70.6 Å². The summed E-state index contributed by atoms with van der Waals surface area (Å²) < 4.78 is 0. The Morgan fingerprint density at radius 2 is 1.00 bits per heavy atom. The Labute approximate surface area is 229 Å². The first-order valence-corrected chi connectivity index (χ1v) is 14.5. The van der Waals surface area contributed by atoms with Gasteiger partial charge in [0.15, 0.2) is 0 Å². The summed E-state index contributed by atoms with van der Waals surface area (Å²) in [5.74, 6) is 0.527. The molecule has 0 radical (unpaired) electrons. The van der Waals surface area contributed by atoms with Gasteiger partial charge < -0.3 is 21.3 Å². The van der Waals surface area contributed by atoms with Crippen molar-refractivity contribution in [3.05, 3.63) is 95.6 Å². The lowest BCUT2D eigenvalue weighted by Crippen LogP contribution is -2.23. The minimum atomic E-state index is 0.264. The fourth-order valence-electron chi connectivity index (χ4n) is 5.02. The van der Waals surface area contributed by atoms with Crippen molar-refractivity contribution in [2.24, 2.45) is 5.73 Å². The van der Waals surface area contributed by atoms with Crippen LogP contribution in [0.15, 0.2) is 78.9 Å². The number of aromatic hydroxyl groups is 2. The van der Waals surface area contributed by atoms with Gasteiger partial charge in [0.1, 0.15) is 11.5 Å². The predicted octanol–water partition coefficient (Wildman–Crippen LogP) is 7.90. The van der Waals surface area contributed by atoms with Gasteiger partial charge in [-0.1, -0.05) is 106 Å². The van der Waals surface area contributed by atoms with E-state index >= 15 is 0 Å². The van der Waals surface area contributed by atoms with E-state index < -0.39 is 0 Å². The molecule has 38 heavy (non-hydrogen) atoms. The number of phenols is 2. The van der Waals surface area contributed by atoms with Crippen molar-refractivity contribution >= 4 is 11.1 Å². The second-order valence-electron chi connectivity index (χ2n) is 10.1. The summed E-state index contributed by atoms with van der Waals surface area (Å²) in [5, 5.41) is 23.1. The summed E-state index contributed by atoms with van der Waals surface area (Å²) in [6.45, 7) is 2.75. The third-order valence-corrected chi connectivity index (χ3v) is 7.09. The van der Waals surface area contributed by atoms with Crippen LogP contribution in [-0.2, 0) is 0 Å². The molecule has 0 aromatic heterocycles. The highest BCUT2D eigenvalue weighted by atomic mass is 16.3. The minimum Gasteiger partial charge on any atom is -0.508 e. The topological polar surface area (TPSA) is 78.5 Å². The quantitative estimate of drug-likeness (QED) is 0.103. The van der Waals surface area contributed by atoms with E-state index in [4.69, 9.17) is 5.73 Å². The Bertz CT molecular complexity index is 1010. The van der Waals surface area contributed by atoms with E-state index in [1.807, 2.05) is 24.3 Å². The lowest BCUT2D eigenvalue weighted by Gasteiger charge is -2.18. The van der Waals surface area contributed by atoms with Gasteiger partial charge >= 0.3 is 0 Å². The molecule has 0 fully saturated rings. The first-order chi connectivity index (χ1) is 18.7. The molecule has 0 aliphatic heterocycles. The van der Waals surface area contributed by atoms with Crippen LogP contribution in [0.5, 0.6) is 11.5 Å². The Morgan fingerprint density at radius 1 is 0.526 bits per heavy atom. The van der Waals surface area contributed by atoms with E-state index in [9.17, 15) is 10.2 Å². The van der Waals surface area contributed by atoms with Crippen LogP contribution in [0.4, 0.5) is 0 Å². The predicted molar refractivity (Wildman–Crippen MR) is 161 cm³/mol. The molecule has 204 valence electrons. The Hall–Kier alpha value is -3.08. The van der Waals surface area contributed by atoms with Crippen molar-refractivity contribution in [1.29, 1.82) is 0 Å². The number of nitrogens with one attached hydrogen (secondary N) is 1. The second kappa shape index (κ2) is 17.4. The second-order valence-corrected chi connectivity index (χ2v) is 10.1. The molecular formula is C34H46N2O2. The lowest BCUT2D eigenvalue weighted by molar-refractivity contribution is 0.475. The molecule has 0 bridgehead atoms. The van der Waals surface area contributed by atoms with E-state index in [0.717, 1.165) is 49.2 Å². The number of hydrogen-bond acceptors (Lipinski definition) is 4. The smallest absolute Gasteiger partial charge is 0.115 e. The van der Waals surface area contributed by atoms with Gasteiger partial charge in [0, 0.05) is 13.1 Å². The van der Waals surface area contributed by atoms with Crippen LogP contribution in [0.2, 0.25) is 0 Å². The molecular weight excluding hydrogens is 468 g/mol. The van der Waals surface area contributed by atoms with Crippen molar-refractivity contribution in [3.63, 3.8) is 0 Å². The van der Waals surface area contributed by atoms with Crippen LogP contribution in [0.1, 0.15) is 87.3 Å². The van der Waals surface area contributed by atoms with Gasteiger partial charge in [0.2, 0.25) is 0 Å². The summed E-state index contributed by atoms with van der Waals surface area (Å²) in [5.41, 5.74) is 11.3. The molecule has 0 saturated heterocycles. The third kappa shape index (κ3) is 10.4. The molecule has 0 aliphatic rings. The third-order valence-electron chi connectivity index (χ3n) is 7.09. The van der Waals surface area contributed by atoms with Crippen molar-refractivity contribution < 1.29 is 10.2 Å². The molecule has 4 heteroatoms. The normalized spacial score (nSPS) is 11.0. The average molecular weight is 515 g/mol. The summed E-state index contributed by atoms with van der Waals surface area (Å²) >= 11 is 0. The van der Waals surface area contributed by atoms with Crippen molar-refractivity contribution in [2.75, 3.05) is 19.6 Å². The number of allylic oxidation sites excluding steroid dienone is 1. The van der Waals surface area contributed by atoms with E-state index in [-0.39, 0.29) is 11.5 Å². The maximum Gasteiger partial charge on any atom is 0.115 e. The van der Waals surface area contributed by atoms with Gasteiger partial charge in [-0.15, -0.1) is 0 Å². The number of hydrogen-bond donors (Lipinski definition) is 4. The Kier molecular flexibility index (Phi) is 13.5. The fraction of sp³-hybridized carbons (Fsp3) is 0.412. The van der Waals surface area contributed by atoms with E-state index in [2.05, 4.69) is 35.6 Å². The first-order valence-electron chi connectivity index (χ1n) is 14.5. The zero-order valence-electron chi connectivity index (χ0n) is 22.9. The number of nitrogens with two attached hydrogens (primary N) is 1. The summed E-state index contributed by atoms with van der Waals surface area (Å²) in [7, 11) is 0. The molecule has 3 rings (SSSR count). The molecule has 3 aromatic rings. The lowest BCUT2D eigenvalue weighted by atomic mass is 9.86. The fourth-order valence-corrected chi connectivity index (χ4v) is 5.02. The van der Waals surface area contributed by atoms with Crippen LogP contribution >= 0.6 is 0 Å². The highest BCUT2D eigenvalue weighted by molar-refractivity contribution is 5.98. The number of benzene rings is 3. The SMILES string of the molecule is NCCNCCCCCCCCCCCCC(=C(c1ccc(O)cc1)c1ccc(O)cc1)c1ccccc1. The molecule has 5 N–H and O–H groups in total. The molecule has 0 saturated carbocycles. The first kappa shape index (κ1) is 29.5. The molecule has 4 nitrogen and oxygen atoms in total. The molecule has 0 aliphatic carbocycles. The zero-order valence-corrected chi connectivity index (χ0v) is 22.9. The van der Waals surface area contributed by atoms with Gasteiger partial charge in [-0.2, -0.15) is 0 Å². The standard InChI is InChI=1S/C34H46N2O2/c35-25-27-36-26-13-8-6-4-2-1-3-5-7-12-16-33(28-14-10-9-11-15-28)34(29-17-21-31(37)22-18-29)30-19-23-32(38)24-20-30/h9-11,14-15,17-24,36-38H,1-8,12-13,16,25-27,35H2. The molecule has 0 heterocycles. The maximum atomic E-state index is 9.89. The molecule has 3 aromatic carbocycles. The highest BCUT2D eigenvalue weighted by Gasteiger charge is 2.14. The van der Waals surface area contributed by atoms with E-state index in [1.165, 1.54) is 68.9 Å². The van der Waals surface area contributed by atoms with Crippen LogP contribution in [-0.4, -0.2) is 29.8 Å². The number of unbranched alkanes of at least 4 members (excludes halogenated alkanes) is 9. The monoisotopic (exact) mass is 514 g/mol. The van der Waals surface area contributed by atoms with Crippen LogP contribution in [0, 0.1) is 0 Å². The zero-order chi connectivity index (χ0) is 26.8. The summed E-state index contributed by atoms with van der Waals surface area (Å²) in [6, 6.07) is 25.5. The van der Waals surface area contributed by atoms with Crippen LogP contribution in [0.3, 0.4) is 0 Å². The van der Waals surface area contributed by atoms with Crippen molar-refractivity contribution in [3.8, 4) is 11.5 Å². The average Bonchev–Trinajstić information content (AvgIpc) is 2.94. The van der Waals surface area contributed by atoms with Crippen LogP contribution in [0.25, 0.3) is 11.1 Å². The summed E-state index contributed by atoms with van der Waals surface area (Å²) in [6.07, 6.45) is 13.9. The van der Waals surface area contributed by atoms with Gasteiger partial charge in [0.05, 0.1) is 0 Å². The number of rotatable bonds is 18. The minimum absolute atomic E-state index is 0.264. The summed E-state index contributed by atoms with van der Waals surface area (Å²) in [4.78, 5) is 0. The molecule has 0 amide bonds. The molecule has 0 unspecified atom stereocenters.